The first-order valence-electron chi connectivity index (χ1n) is 6.14. The molecule has 1 rings (SSSR count). The smallest absolute Gasteiger partial charge is 0.280 e. The van der Waals surface area contributed by atoms with Crippen molar-refractivity contribution >= 4 is 7.48 Å². The second kappa shape index (κ2) is 5.24. The SMILES string of the molecule is Cc1ccc(CBOC(C)(C)C(C)(C)O)cc1. The van der Waals surface area contributed by atoms with Gasteiger partial charge in [0.2, 0.25) is 0 Å². The zero-order valence-corrected chi connectivity index (χ0v) is 11.6. The van der Waals surface area contributed by atoms with Crippen LogP contribution in [0.2, 0.25) is 0 Å². The van der Waals surface area contributed by atoms with Gasteiger partial charge in [0.15, 0.2) is 0 Å². The van der Waals surface area contributed by atoms with Crippen molar-refractivity contribution in [1.29, 1.82) is 0 Å². The molecular weight excluding hydrogens is 211 g/mol. The number of aliphatic hydroxyl groups is 1. The summed E-state index contributed by atoms with van der Waals surface area (Å²) < 4.78 is 5.78. The largest absolute Gasteiger partial charge is 0.432 e. The summed E-state index contributed by atoms with van der Waals surface area (Å²) in [6, 6.07) is 8.46. The van der Waals surface area contributed by atoms with Crippen molar-refractivity contribution in [2.75, 3.05) is 0 Å². The Morgan fingerprint density at radius 2 is 1.65 bits per heavy atom. The van der Waals surface area contributed by atoms with Crippen LogP contribution in [0.3, 0.4) is 0 Å². The minimum atomic E-state index is -0.833. The highest BCUT2D eigenvalue weighted by Crippen LogP contribution is 2.24. The van der Waals surface area contributed by atoms with Gasteiger partial charge in [0, 0.05) is 0 Å². The topological polar surface area (TPSA) is 29.5 Å². The third kappa shape index (κ3) is 4.17. The van der Waals surface area contributed by atoms with Crippen LogP contribution in [0.4, 0.5) is 0 Å². The molecule has 0 aliphatic carbocycles. The van der Waals surface area contributed by atoms with Crippen LogP contribution >= 0.6 is 0 Å². The molecule has 0 fully saturated rings. The maximum Gasteiger partial charge on any atom is 0.280 e. The van der Waals surface area contributed by atoms with E-state index in [1.807, 2.05) is 13.8 Å². The molecule has 1 aromatic carbocycles. The zero-order valence-electron chi connectivity index (χ0n) is 11.6. The third-order valence-electron chi connectivity index (χ3n) is 3.45. The maximum absolute atomic E-state index is 9.95. The van der Waals surface area contributed by atoms with Crippen molar-refractivity contribution in [3.05, 3.63) is 35.4 Å². The molecule has 17 heavy (non-hydrogen) atoms. The number of benzene rings is 1. The van der Waals surface area contributed by atoms with Gasteiger partial charge in [-0.15, -0.1) is 0 Å². The second-order valence-electron chi connectivity index (χ2n) is 5.65. The van der Waals surface area contributed by atoms with E-state index in [1.165, 1.54) is 11.1 Å². The fourth-order valence-corrected chi connectivity index (χ4v) is 1.36. The van der Waals surface area contributed by atoms with E-state index >= 15 is 0 Å². The van der Waals surface area contributed by atoms with Crippen molar-refractivity contribution in [1.82, 2.24) is 0 Å². The van der Waals surface area contributed by atoms with Gasteiger partial charge in [0.1, 0.15) is 0 Å². The van der Waals surface area contributed by atoms with Gasteiger partial charge in [-0.25, -0.2) is 0 Å². The lowest BCUT2D eigenvalue weighted by Gasteiger charge is -2.37. The summed E-state index contributed by atoms with van der Waals surface area (Å²) in [4.78, 5) is 0. The van der Waals surface area contributed by atoms with Gasteiger partial charge in [0.05, 0.1) is 11.2 Å². The molecule has 0 saturated carbocycles. The van der Waals surface area contributed by atoms with E-state index in [9.17, 15) is 5.11 Å². The summed E-state index contributed by atoms with van der Waals surface area (Å²) in [5.41, 5.74) is 1.17. The summed E-state index contributed by atoms with van der Waals surface area (Å²) in [5, 5.41) is 9.95. The average molecular weight is 234 g/mol. The molecule has 1 aromatic rings. The van der Waals surface area contributed by atoms with E-state index < -0.39 is 11.2 Å². The number of hydrogen-bond donors (Lipinski definition) is 1. The van der Waals surface area contributed by atoms with Crippen LogP contribution in [0.15, 0.2) is 24.3 Å². The lowest BCUT2D eigenvalue weighted by atomic mass is 9.83. The van der Waals surface area contributed by atoms with Crippen molar-refractivity contribution in [2.45, 2.75) is 52.1 Å². The highest BCUT2D eigenvalue weighted by Gasteiger charge is 2.35. The lowest BCUT2D eigenvalue weighted by molar-refractivity contribution is -0.0904. The Bertz CT molecular complexity index is 349. The Labute approximate surface area is 105 Å². The molecule has 0 heterocycles. The van der Waals surface area contributed by atoms with E-state index in [-0.39, 0.29) is 0 Å². The van der Waals surface area contributed by atoms with Crippen LogP contribution in [-0.2, 0) is 11.0 Å². The molecular formula is C14H23BO2. The Kier molecular flexibility index (Phi) is 4.39. The molecule has 0 unspecified atom stereocenters. The molecule has 0 aliphatic rings. The quantitative estimate of drug-likeness (QED) is 0.793. The van der Waals surface area contributed by atoms with E-state index in [0.29, 0.717) is 7.48 Å². The highest BCUT2D eigenvalue weighted by atomic mass is 16.5. The molecule has 0 aromatic heterocycles. The van der Waals surface area contributed by atoms with E-state index in [2.05, 4.69) is 31.2 Å². The number of rotatable bonds is 5. The summed E-state index contributed by atoms with van der Waals surface area (Å²) in [7, 11) is 0.625. The van der Waals surface area contributed by atoms with Crippen LogP contribution in [-0.4, -0.2) is 23.8 Å². The summed E-state index contributed by atoms with van der Waals surface area (Å²) >= 11 is 0. The molecule has 0 aliphatic heterocycles. The van der Waals surface area contributed by atoms with E-state index in [0.717, 1.165) is 6.32 Å². The molecule has 0 spiro atoms. The van der Waals surface area contributed by atoms with Gasteiger partial charge in [0.25, 0.3) is 7.48 Å². The first-order valence-corrected chi connectivity index (χ1v) is 6.14. The Morgan fingerprint density at radius 3 is 2.12 bits per heavy atom. The molecule has 0 amide bonds. The minimum Gasteiger partial charge on any atom is -0.432 e. The van der Waals surface area contributed by atoms with Crippen molar-refractivity contribution < 1.29 is 9.76 Å². The molecule has 0 radical (unpaired) electrons. The van der Waals surface area contributed by atoms with Gasteiger partial charge >= 0.3 is 0 Å². The van der Waals surface area contributed by atoms with Gasteiger partial charge in [-0.1, -0.05) is 35.4 Å². The van der Waals surface area contributed by atoms with E-state index in [4.69, 9.17) is 4.65 Å². The van der Waals surface area contributed by atoms with Crippen LogP contribution in [0.5, 0.6) is 0 Å². The minimum absolute atomic E-state index is 0.530. The fourth-order valence-electron chi connectivity index (χ4n) is 1.36. The monoisotopic (exact) mass is 234 g/mol. The van der Waals surface area contributed by atoms with E-state index in [1.54, 1.807) is 13.8 Å². The summed E-state index contributed by atoms with van der Waals surface area (Å²) in [5.74, 6) is 0. The molecule has 0 saturated heterocycles. The number of hydrogen-bond acceptors (Lipinski definition) is 2. The molecule has 94 valence electrons. The summed E-state index contributed by atoms with van der Waals surface area (Å²) in [6.07, 6.45) is 0.875. The van der Waals surface area contributed by atoms with Crippen LogP contribution in [0.25, 0.3) is 0 Å². The fraction of sp³-hybridized carbons (Fsp3) is 0.571. The second-order valence-corrected chi connectivity index (χ2v) is 5.65. The molecule has 2 nitrogen and oxygen atoms in total. The molecule has 0 atom stereocenters. The molecule has 0 bridgehead atoms. The van der Waals surface area contributed by atoms with Crippen LogP contribution in [0, 0.1) is 6.92 Å². The Morgan fingerprint density at radius 1 is 1.12 bits per heavy atom. The first-order chi connectivity index (χ1) is 7.72. The number of aryl methyl sites for hydroxylation is 1. The van der Waals surface area contributed by atoms with Crippen molar-refractivity contribution in [3.63, 3.8) is 0 Å². The van der Waals surface area contributed by atoms with Crippen molar-refractivity contribution in [2.24, 2.45) is 0 Å². The lowest BCUT2D eigenvalue weighted by Crippen LogP contribution is -2.48. The zero-order chi connectivity index (χ0) is 13.1. The van der Waals surface area contributed by atoms with Crippen LogP contribution in [0.1, 0.15) is 38.8 Å². The Hall–Kier alpha value is -0.795. The standard InChI is InChI=1S/C14H23BO2/c1-11-6-8-12(9-7-11)10-15-17-14(4,5)13(2,3)16/h6-9,15-16H,10H2,1-5H3. The van der Waals surface area contributed by atoms with Gasteiger partial charge in [-0.05, 0) is 40.9 Å². The third-order valence-corrected chi connectivity index (χ3v) is 3.45. The highest BCUT2D eigenvalue weighted by molar-refractivity contribution is 6.26. The molecule has 3 heteroatoms. The molecule has 1 N–H and O–H groups in total. The van der Waals surface area contributed by atoms with Gasteiger partial charge in [-0.2, -0.15) is 0 Å². The summed E-state index contributed by atoms with van der Waals surface area (Å²) in [6.45, 7) is 9.47. The average Bonchev–Trinajstić information content (AvgIpc) is 2.19. The first kappa shape index (κ1) is 14.3. The van der Waals surface area contributed by atoms with Gasteiger partial charge in [-0.3, -0.25) is 0 Å². The van der Waals surface area contributed by atoms with Crippen LogP contribution < -0.4 is 0 Å². The predicted molar refractivity (Wildman–Crippen MR) is 73.5 cm³/mol. The normalized spacial score (nSPS) is 12.6. The maximum atomic E-state index is 9.95. The van der Waals surface area contributed by atoms with Crippen molar-refractivity contribution in [3.8, 4) is 0 Å². The Balaban J connectivity index is 2.45. The predicted octanol–water partition coefficient (Wildman–Crippen LogP) is 2.41. The van der Waals surface area contributed by atoms with Gasteiger partial charge < -0.3 is 9.76 Å².